The minimum atomic E-state index is -0.752. The minimum Gasteiger partial charge on any atom is -0.310 e. The highest BCUT2D eigenvalue weighted by Crippen LogP contribution is 2.58. The van der Waals surface area contributed by atoms with Gasteiger partial charge in [-0.2, -0.15) is 5.26 Å². The molecule has 17 rings (SSSR count). The van der Waals surface area contributed by atoms with Crippen LogP contribution in [0.2, 0.25) is 0 Å². The molecule has 0 unspecified atom stereocenters. The molecule has 0 radical (unpaired) electrons. The third-order valence-electron chi connectivity index (χ3n) is 20.1. The summed E-state index contributed by atoms with van der Waals surface area (Å²) in [4.78, 5) is 12.0. The molecule has 0 heterocycles. The number of fused-ring (bicyclic) bond motifs is 6. The largest absolute Gasteiger partial charge is 0.310 e. The maximum Gasteiger partial charge on any atom is 0.187 e. The van der Waals surface area contributed by atoms with E-state index in [1.807, 2.05) is 195 Å². The molecule has 0 atom stereocenters. The van der Waals surface area contributed by atoms with Gasteiger partial charge in [0, 0.05) is 78.5 Å². The predicted molar refractivity (Wildman–Crippen MR) is 420 cm³/mol. The van der Waals surface area contributed by atoms with Crippen molar-refractivity contribution in [2.75, 3.05) is 19.6 Å². The van der Waals surface area contributed by atoms with Gasteiger partial charge < -0.3 is 19.6 Å². The van der Waals surface area contributed by atoms with Gasteiger partial charge in [0.2, 0.25) is 0 Å². The van der Waals surface area contributed by atoms with Crippen molar-refractivity contribution in [3.8, 4) is 28.3 Å². The maximum absolute atomic E-state index is 9.96. The molecule has 2 aliphatic carbocycles. The van der Waals surface area contributed by atoms with E-state index >= 15 is 0 Å². The summed E-state index contributed by atoms with van der Waals surface area (Å²) in [5, 5.41) is 16.5. The fourth-order valence-corrected chi connectivity index (χ4v) is 14.8. The van der Waals surface area contributed by atoms with Gasteiger partial charge in [-0.3, -0.25) is 0 Å². The first-order chi connectivity index (χ1) is 51.2. The molecular formula is C94H74N6. The SMILES string of the molecule is [2H]c1c([2H])c(N(c2ccc(C)cc2)c2ccc(C)cc2)c([2H])c2c1-c1cc3c(cc1C2(C)C)-c1c([2H])c([2H])c(N(c2ccc(C)cc2)c2ccc(C)cc2)c([2H])c1C3(C)C.[C-]#[N+]c1ccc(N(c2ccccc2)c2ccc3ccc4c(N(c5ccccc5)c5ccc(C#N)cc5)ccc5ccc2c3c54)cc1. The van der Waals surface area contributed by atoms with E-state index in [9.17, 15) is 13.5 Å². The predicted octanol–water partition coefficient (Wildman–Crippen LogP) is 26.4. The summed E-state index contributed by atoms with van der Waals surface area (Å²) in [5.41, 5.74) is 20.2. The number of hydrogen-bond donors (Lipinski definition) is 0. The second-order valence-corrected chi connectivity index (χ2v) is 27.4. The average molecular weight is 1290 g/mol. The van der Waals surface area contributed by atoms with Crippen LogP contribution < -0.4 is 19.6 Å². The van der Waals surface area contributed by atoms with E-state index in [2.05, 4.69) is 158 Å². The van der Waals surface area contributed by atoms with Crippen molar-refractivity contribution in [3.05, 3.63) is 365 Å². The molecule has 0 bridgehead atoms. The number of rotatable bonds is 12. The zero-order valence-electron chi connectivity index (χ0n) is 63.1. The fraction of sp³-hybridized carbons (Fsp3) is 0.106. The number of para-hydroxylation sites is 2. The summed E-state index contributed by atoms with van der Waals surface area (Å²) >= 11 is 0. The quantitative estimate of drug-likeness (QED) is 0.0901. The fourth-order valence-electron chi connectivity index (χ4n) is 14.8. The zero-order chi connectivity index (χ0) is 73.8. The lowest BCUT2D eigenvalue weighted by molar-refractivity contribution is 0.652. The lowest BCUT2D eigenvalue weighted by Gasteiger charge is -2.29. The Bertz CT molecular complexity index is 5600. The summed E-state index contributed by atoms with van der Waals surface area (Å²) in [7, 11) is 0. The van der Waals surface area contributed by atoms with Crippen molar-refractivity contribution in [1.29, 1.82) is 5.26 Å². The molecule has 100 heavy (non-hydrogen) atoms. The van der Waals surface area contributed by atoms with E-state index in [1.165, 1.54) is 21.5 Å². The number of nitrogens with zero attached hydrogens (tertiary/aromatic N) is 6. The number of aryl methyl sites for hydroxylation is 4. The Morgan fingerprint density at radius 2 is 0.660 bits per heavy atom. The monoisotopic (exact) mass is 1290 g/mol. The molecule has 0 amide bonds. The average Bonchev–Trinajstić information content (AvgIpc) is 1.46. The van der Waals surface area contributed by atoms with Crippen LogP contribution >= 0.6 is 0 Å². The number of benzene rings is 15. The van der Waals surface area contributed by atoms with Crippen LogP contribution in [-0.4, -0.2) is 0 Å². The van der Waals surface area contributed by atoms with Crippen molar-refractivity contribution in [3.63, 3.8) is 0 Å². The first-order valence-corrected chi connectivity index (χ1v) is 33.9. The van der Waals surface area contributed by atoms with E-state index in [4.69, 9.17) is 6.57 Å². The van der Waals surface area contributed by atoms with Crippen molar-refractivity contribution < 1.29 is 8.22 Å². The zero-order valence-corrected chi connectivity index (χ0v) is 57.1. The third-order valence-corrected chi connectivity index (χ3v) is 20.1. The number of hydrogen-bond acceptors (Lipinski definition) is 5. The van der Waals surface area contributed by atoms with Crippen molar-refractivity contribution >= 4 is 106 Å². The number of anilines is 12. The van der Waals surface area contributed by atoms with Crippen LogP contribution in [0.1, 0.15) is 86.0 Å². The van der Waals surface area contributed by atoms with E-state index < -0.39 is 10.8 Å². The first kappa shape index (κ1) is 55.6. The van der Waals surface area contributed by atoms with Crippen LogP contribution in [0.5, 0.6) is 0 Å². The molecule has 0 saturated heterocycles. The van der Waals surface area contributed by atoms with Gasteiger partial charge in [-0.15, -0.1) is 0 Å². The summed E-state index contributed by atoms with van der Waals surface area (Å²) in [6.45, 7) is 23.9. The third kappa shape index (κ3) is 10.8. The lowest BCUT2D eigenvalue weighted by atomic mass is 9.79. The van der Waals surface area contributed by atoms with Gasteiger partial charge in [-0.25, -0.2) is 4.85 Å². The Hall–Kier alpha value is -12.5. The van der Waals surface area contributed by atoms with Crippen LogP contribution in [0, 0.1) is 45.6 Å². The van der Waals surface area contributed by atoms with Gasteiger partial charge in [-0.1, -0.05) is 195 Å². The van der Waals surface area contributed by atoms with E-state index in [0.717, 1.165) is 112 Å². The van der Waals surface area contributed by atoms with Crippen LogP contribution in [-0.2, 0) is 10.8 Å². The van der Waals surface area contributed by atoms with Crippen molar-refractivity contribution in [2.24, 2.45) is 0 Å². The molecule has 15 aromatic rings. The summed E-state index contributed by atoms with van der Waals surface area (Å²) < 4.78 is 58.6. The van der Waals surface area contributed by atoms with Gasteiger partial charge in [0.05, 0.1) is 37.8 Å². The van der Waals surface area contributed by atoms with Crippen LogP contribution in [0.25, 0.3) is 59.4 Å². The van der Waals surface area contributed by atoms with Gasteiger partial charge in [0.25, 0.3) is 0 Å². The van der Waals surface area contributed by atoms with Crippen molar-refractivity contribution in [1.82, 2.24) is 0 Å². The molecule has 0 saturated carbocycles. The molecule has 15 aromatic carbocycles. The maximum atomic E-state index is 9.96. The van der Waals surface area contributed by atoms with Gasteiger partial charge in [0.15, 0.2) is 5.69 Å². The molecular weight excluding hydrogens is 1210 g/mol. The molecule has 6 heteroatoms. The highest BCUT2D eigenvalue weighted by Gasteiger charge is 2.42. The molecule has 0 aromatic heterocycles. The Labute approximate surface area is 595 Å². The van der Waals surface area contributed by atoms with Gasteiger partial charge in [-0.05, 0) is 251 Å². The first-order valence-electron chi connectivity index (χ1n) is 36.9. The second-order valence-electron chi connectivity index (χ2n) is 27.4. The van der Waals surface area contributed by atoms with Crippen LogP contribution in [0.3, 0.4) is 0 Å². The minimum absolute atomic E-state index is 0.0238. The van der Waals surface area contributed by atoms with E-state index in [1.54, 1.807) is 0 Å². The topological polar surface area (TPSA) is 41.1 Å². The Morgan fingerprint density at radius 3 is 1.01 bits per heavy atom. The van der Waals surface area contributed by atoms with Crippen LogP contribution in [0.4, 0.5) is 73.9 Å². The Morgan fingerprint density at radius 1 is 0.340 bits per heavy atom. The molecule has 6 nitrogen and oxygen atoms in total. The summed E-state index contributed by atoms with van der Waals surface area (Å²) in [6.07, 6.45) is 0. The van der Waals surface area contributed by atoms with Gasteiger partial charge in [0.1, 0.15) is 0 Å². The lowest BCUT2D eigenvalue weighted by Crippen LogP contribution is -2.18. The normalized spacial score (nSPS) is 13.6. The molecule has 2 aliphatic rings. The second kappa shape index (κ2) is 24.9. The Kier molecular flexibility index (Phi) is 13.8. The molecule has 480 valence electrons. The smallest absolute Gasteiger partial charge is 0.187 e. The molecule has 0 spiro atoms. The standard InChI is InChI=1S/C52H48N2.C42H26N4/c1-33-9-17-37(18-10-33)53(38-19-11-34(2)12-20-38)41-25-27-43-45-31-50-46(32-49(45)51(5,6)47(43)29-41)44-28-26-42(30-48(44)52(50,7)8)54(39-21-13-35(3)14-22-39)40-23-15-36(4)16-24-40;1-44-32-18-22-36(23-19-32)46(34-10-6-3-7-11-34)40-27-17-31-14-24-37-39(26-16-30-15-25-38(40)42(31)41(30)37)45(33-8-4-2-5-9-33)35-20-12-29(28-43)13-21-35/h9-32H,1-8H3;2-27H/i25D,26D,27D,28D,29D,30D;. The van der Waals surface area contributed by atoms with Gasteiger partial charge >= 0.3 is 0 Å². The highest BCUT2D eigenvalue weighted by molar-refractivity contribution is 6.28. The Balaban J connectivity index is 0.000000168. The highest BCUT2D eigenvalue weighted by atomic mass is 15.2. The van der Waals surface area contributed by atoms with E-state index in [-0.39, 0.29) is 36.3 Å². The van der Waals surface area contributed by atoms with Crippen molar-refractivity contribution in [2.45, 2.75) is 66.2 Å². The molecule has 0 N–H and O–H groups in total. The number of nitriles is 1. The summed E-state index contributed by atoms with van der Waals surface area (Å²) in [5.74, 6) is 0. The molecule has 0 aliphatic heterocycles. The van der Waals surface area contributed by atoms with E-state index in [0.29, 0.717) is 44.9 Å². The van der Waals surface area contributed by atoms with Crippen LogP contribution in [0.15, 0.2) is 303 Å². The molecule has 0 fully saturated rings. The summed E-state index contributed by atoms with van der Waals surface area (Å²) in [6, 6.07) is 93.1.